The number of hydrogen-bond acceptors (Lipinski definition) is 3. The summed E-state index contributed by atoms with van der Waals surface area (Å²) >= 11 is 0. The van der Waals surface area contributed by atoms with Crippen molar-refractivity contribution in [3.05, 3.63) is 59.2 Å². The van der Waals surface area contributed by atoms with E-state index in [0.29, 0.717) is 0 Å². The number of amides is 1. The van der Waals surface area contributed by atoms with Gasteiger partial charge in [0.05, 0.1) is 5.56 Å². The Morgan fingerprint density at radius 3 is 2.55 bits per heavy atom. The predicted molar refractivity (Wildman–Crippen MR) is 69.0 cm³/mol. The Labute approximate surface area is 121 Å². The van der Waals surface area contributed by atoms with Gasteiger partial charge in [0.2, 0.25) is 0 Å². The van der Waals surface area contributed by atoms with Gasteiger partial charge in [-0.3, -0.25) is 9.59 Å². The quantitative estimate of drug-likeness (QED) is 0.699. The SMILES string of the molecule is O=Cc1cc(NC(=O)c2cccc(C(F)(F)F)n2)ccc1F. The highest BCUT2D eigenvalue weighted by Crippen LogP contribution is 2.27. The second kappa shape index (κ2) is 5.92. The summed E-state index contributed by atoms with van der Waals surface area (Å²) in [6.07, 6.45) is -4.41. The second-order valence-electron chi connectivity index (χ2n) is 4.21. The van der Waals surface area contributed by atoms with Gasteiger partial charge in [-0.2, -0.15) is 13.2 Å². The predicted octanol–water partition coefficient (Wildman–Crippen LogP) is 3.30. The summed E-state index contributed by atoms with van der Waals surface area (Å²) in [4.78, 5) is 25.7. The summed E-state index contributed by atoms with van der Waals surface area (Å²) in [6, 6.07) is 6.08. The van der Waals surface area contributed by atoms with Crippen molar-refractivity contribution < 1.29 is 27.2 Å². The molecule has 0 aliphatic carbocycles. The average Bonchev–Trinajstić information content (AvgIpc) is 2.48. The first-order chi connectivity index (χ1) is 10.3. The van der Waals surface area contributed by atoms with Crippen LogP contribution in [0, 0.1) is 5.82 Å². The monoisotopic (exact) mass is 312 g/mol. The van der Waals surface area contributed by atoms with Crippen molar-refractivity contribution in [2.45, 2.75) is 6.18 Å². The summed E-state index contributed by atoms with van der Waals surface area (Å²) in [6.45, 7) is 0. The molecule has 0 spiro atoms. The molecule has 1 heterocycles. The molecular formula is C14H8F4N2O2. The minimum atomic E-state index is -4.67. The molecule has 0 atom stereocenters. The van der Waals surface area contributed by atoms with Crippen molar-refractivity contribution >= 4 is 17.9 Å². The number of alkyl halides is 3. The molecule has 8 heteroatoms. The Morgan fingerprint density at radius 2 is 1.91 bits per heavy atom. The highest BCUT2D eigenvalue weighted by molar-refractivity contribution is 6.03. The largest absolute Gasteiger partial charge is 0.433 e. The number of benzene rings is 1. The Kier molecular flexibility index (Phi) is 4.20. The van der Waals surface area contributed by atoms with Crippen LogP contribution >= 0.6 is 0 Å². The van der Waals surface area contributed by atoms with E-state index in [1.165, 1.54) is 6.07 Å². The van der Waals surface area contributed by atoms with Gasteiger partial charge in [0.25, 0.3) is 5.91 Å². The Morgan fingerprint density at radius 1 is 1.18 bits per heavy atom. The van der Waals surface area contributed by atoms with Crippen LogP contribution in [0.3, 0.4) is 0 Å². The molecule has 0 saturated carbocycles. The van der Waals surface area contributed by atoms with Crippen LogP contribution < -0.4 is 5.32 Å². The van der Waals surface area contributed by atoms with E-state index in [4.69, 9.17) is 0 Å². The second-order valence-corrected chi connectivity index (χ2v) is 4.21. The fourth-order valence-electron chi connectivity index (χ4n) is 1.63. The molecule has 4 nitrogen and oxygen atoms in total. The van der Waals surface area contributed by atoms with Crippen molar-refractivity contribution in [3.63, 3.8) is 0 Å². The zero-order chi connectivity index (χ0) is 16.3. The summed E-state index contributed by atoms with van der Waals surface area (Å²) in [5.41, 5.74) is -1.87. The Hall–Kier alpha value is -2.77. The normalized spacial score (nSPS) is 11.1. The van der Waals surface area contributed by atoms with Crippen LogP contribution in [-0.4, -0.2) is 17.2 Å². The topological polar surface area (TPSA) is 59.1 Å². The lowest BCUT2D eigenvalue weighted by molar-refractivity contribution is -0.141. The smallest absolute Gasteiger partial charge is 0.321 e. The fraction of sp³-hybridized carbons (Fsp3) is 0.0714. The Bertz CT molecular complexity index is 729. The maximum atomic E-state index is 13.1. The number of nitrogens with one attached hydrogen (secondary N) is 1. The number of carbonyl (C=O) groups is 2. The number of nitrogens with zero attached hydrogens (tertiary/aromatic N) is 1. The molecule has 0 aliphatic rings. The summed E-state index contributed by atoms with van der Waals surface area (Å²) in [7, 11) is 0. The number of rotatable bonds is 3. The van der Waals surface area contributed by atoms with Gasteiger partial charge < -0.3 is 5.32 Å². The molecule has 0 aliphatic heterocycles. The molecule has 0 radical (unpaired) electrons. The van der Waals surface area contributed by atoms with Crippen molar-refractivity contribution in [3.8, 4) is 0 Å². The van der Waals surface area contributed by atoms with Crippen LogP contribution in [-0.2, 0) is 6.18 Å². The minimum absolute atomic E-state index is 0.0627. The Balaban J connectivity index is 2.24. The zero-order valence-corrected chi connectivity index (χ0v) is 10.8. The summed E-state index contributed by atoms with van der Waals surface area (Å²) in [5.74, 6) is -1.68. The van der Waals surface area contributed by atoms with E-state index in [9.17, 15) is 27.2 Å². The molecule has 0 bridgehead atoms. The number of aromatic nitrogens is 1. The molecule has 1 aromatic heterocycles. The van der Waals surface area contributed by atoms with Gasteiger partial charge in [0.15, 0.2) is 6.29 Å². The average molecular weight is 312 g/mol. The van der Waals surface area contributed by atoms with E-state index in [1.807, 2.05) is 0 Å². The van der Waals surface area contributed by atoms with Crippen LogP contribution in [0.25, 0.3) is 0 Å². The van der Waals surface area contributed by atoms with Crippen molar-refractivity contribution in [2.24, 2.45) is 0 Å². The molecule has 1 amide bonds. The van der Waals surface area contributed by atoms with Gasteiger partial charge in [0.1, 0.15) is 17.2 Å². The standard InChI is InChI=1S/C14H8F4N2O2/c15-10-5-4-9(6-8(10)7-21)19-13(22)11-2-1-3-12(20-11)14(16,17)18/h1-7H,(H,19,22). The molecule has 1 N–H and O–H groups in total. The van der Waals surface area contributed by atoms with Gasteiger partial charge in [-0.15, -0.1) is 0 Å². The molecule has 1 aromatic carbocycles. The number of hydrogen-bond donors (Lipinski definition) is 1. The van der Waals surface area contributed by atoms with Crippen LogP contribution in [0.2, 0.25) is 0 Å². The van der Waals surface area contributed by atoms with Gasteiger partial charge in [-0.25, -0.2) is 9.37 Å². The van der Waals surface area contributed by atoms with Crippen molar-refractivity contribution in [1.82, 2.24) is 4.98 Å². The number of pyridine rings is 1. The number of carbonyl (C=O) groups excluding carboxylic acids is 2. The first kappa shape index (κ1) is 15.6. The van der Waals surface area contributed by atoms with Gasteiger partial charge in [-0.05, 0) is 30.3 Å². The van der Waals surface area contributed by atoms with Crippen LogP contribution in [0.4, 0.5) is 23.2 Å². The van der Waals surface area contributed by atoms with Gasteiger partial charge in [-0.1, -0.05) is 6.07 Å². The maximum Gasteiger partial charge on any atom is 0.433 e. The third-order valence-electron chi connectivity index (χ3n) is 2.65. The number of aldehydes is 1. The third kappa shape index (κ3) is 3.46. The summed E-state index contributed by atoms with van der Waals surface area (Å²) < 4.78 is 50.7. The van der Waals surface area contributed by atoms with Crippen LogP contribution in [0.1, 0.15) is 26.5 Å². The van der Waals surface area contributed by atoms with Gasteiger partial charge >= 0.3 is 6.18 Å². The first-order valence-electron chi connectivity index (χ1n) is 5.91. The van der Waals surface area contributed by atoms with Crippen LogP contribution in [0.5, 0.6) is 0 Å². The summed E-state index contributed by atoms with van der Waals surface area (Å²) in [5, 5.41) is 2.24. The van der Waals surface area contributed by atoms with Crippen molar-refractivity contribution in [2.75, 3.05) is 5.32 Å². The van der Waals surface area contributed by atoms with E-state index in [2.05, 4.69) is 10.3 Å². The van der Waals surface area contributed by atoms with Crippen molar-refractivity contribution in [1.29, 1.82) is 0 Å². The molecule has 114 valence electrons. The fourth-order valence-corrected chi connectivity index (χ4v) is 1.63. The molecule has 0 unspecified atom stereocenters. The van der Waals surface area contributed by atoms with Crippen LogP contribution in [0.15, 0.2) is 36.4 Å². The molecule has 0 saturated heterocycles. The zero-order valence-electron chi connectivity index (χ0n) is 10.8. The highest BCUT2D eigenvalue weighted by atomic mass is 19.4. The molecule has 22 heavy (non-hydrogen) atoms. The first-order valence-corrected chi connectivity index (χ1v) is 5.91. The van der Waals surface area contributed by atoms with E-state index < -0.39 is 29.3 Å². The molecule has 2 rings (SSSR count). The van der Waals surface area contributed by atoms with E-state index in [-0.39, 0.29) is 17.5 Å². The molecule has 0 fully saturated rings. The lowest BCUT2D eigenvalue weighted by Gasteiger charge is -2.08. The van der Waals surface area contributed by atoms with E-state index in [1.54, 1.807) is 0 Å². The van der Waals surface area contributed by atoms with E-state index in [0.717, 1.165) is 30.3 Å². The number of halogens is 4. The van der Waals surface area contributed by atoms with Gasteiger partial charge in [0, 0.05) is 5.69 Å². The highest BCUT2D eigenvalue weighted by Gasteiger charge is 2.32. The lowest BCUT2D eigenvalue weighted by atomic mass is 10.2. The maximum absolute atomic E-state index is 13.1. The van der Waals surface area contributed by atoms with E-state index >= 15 is 0 Å². The number of anilines is 1. The lowest BCUT2D eigenvalue weighted by Crippen LogP contribution is -2.17. The molecular weight excluding hydrogens is 304 g/mol. The third-order valence-corrected chi connectivity index (χ3v) is 2.65. The molecule has 2 aromatic rings. The minimum Gasteiger partial charge on any atom is -0.321 e.